The van der Waals surface area contributed by atoms with Crippen LogP contribution in [0.4, 0.5) is 32.0 Å². The van der Waals surface area contributed by atoms with Gasteiger partial charge in [-0.05, 0) is 74.7 Å². The van der Waals surface area contributed by atoms with Crippen molar-refractivity contribution in [3.05, 3.63) is 83.4 Å². The van der Waals surface area contributed by atoms with Gasteiger partial charge in [0.2, 0.25) is 0 Å². The number of amides is 1. The second-order valence-corrected chi connectivity index (χ2v) is 10.3. The lowest BCUT2D eigenvalue weighted by molar-refractivity contribution is -0.274. The Labute approximate surface area is 225 Å². The quantitative estimate of drug-likeness (QED) is 0.300. The summed E-state index contributed by atoms with van der Waals surface area (Å²) >= 11 is 0. The number of benzene rings is 2. The Bertz CT molecular complexity index is 1450. The van der Waals surface area contributed by atoms with Crippen LogP contribution < -0.4 is 9.64 Å². The minimum Gasteiger partial charge on any atom is -0.406 e. The lowest BCUT2D eigenvalue weighted by Crippen LogP contribution is -2.30. The van der Waals surface area contributed by atoms with Crippen LogP contribution in [0.1, 0.15) is 67.7 Å². The van der Waals surface area contributed by atoms with E-state index >= 15 is 0 Å². The first-order valence-electron chi connectivity index (χ1n) is 12.5. The van der Waals surface area contributed by atoms with Gasteiger partial charge in [-0.2, -0.15) is 13.2 Å². The van der Waals surface area contributed by atoms with Crippen LogP contribution in [0.5, 0.6) is 5.75 Å². The summed E-state index contributed by atoms with van der Waals surface area (Å²) in [6, 6.07) is 10.0. The Morgan fingerprint density at radius 2 is 1.68 bits per heavy atom. The van der Waals surface area contributed by atoms with Crippen LogP contribution in [0, 0.1) is 0 Å². The van der Waals surface area contributed by atoms with Crippen molar-refractivity contribution < 1.29 is 35.9 Å². The number of aliphatic imine (C=N–C) groups is 1. The average Bonchev–Trinajstić information content (AvgIpc) is 3.68. The summed E-state index contributed by atoms with van der Waals surface area (Å²) in [4.78, 5) is 28.6. The van der Waals surface area contributed by atoms with Crippen LogP contribution in [0.25, 0.3) is 0 Å². The second-order valence-electron chi connectivity index (χ2n) is 10.3. The highest BCUT2D eigenvalue weighted by Gasteiger charge is 2.41. The van der Waals surface area contributed by atoms with Gasteiger partial charge in [-0.15, -0.1) is 13.2 Å². The third-order valence-corrected chi connectivity index (χ3v) is 6.77. The molecule has 0 N–H and O–H groups in total. The number of nitrogens with zero attached hydrogens (tertiary/aromatic N) is 4. The fourth-order valence-corrected chi connectivity index (χ4v) is 4.68. The molecule has 1 aromatic heterocycles. The zero-order chi connectivity index (χ0) is 28.9. The number of anilines is 1. The molecule has 1 saturated carbocycles. The fraction of sp³-hybridized carbons (Fsp3) is 0.357. The number of ether oxygens (including phenoxy) is 1. The Hall–Kier alpha value is -3.96. The van der Waals surface area contributed by atoms with Crippen molar-refractivity contribution in [1.82, 2.24) is 9.97 Å². The van der Waals surface area contributed by atoms with Gasteiger partial charge >= 0.3 is 12.5 Å². The van der Waals surface area contributed by atoms with Gasteiger partial charge in [0.25, 0.3) is 5.91 Å². The van der Waals surface area contributed by atoms with Crippen LogP contribution in [0.2, 0.25) is 0 Å². The lowest BCUT2D eigenvalue weighted by Gasteiger charge is -2.25. The third kappa shape index (κ3) is 5.95. The molecule has 1 amide bonds. The molecular weight excluding hydrogens is 538 g/mol. The van der Waals surface area contributed by atoms with Crippen molar-refractivity contribution in [2.75, 3.05) is 4.90 Å². The topological polar surface area (TPSA) is 67.7 Å². The molecule has 1 saturated heterocycles. The van der Waals surface area contributed by atoms with E-state index in [4.69, 9.17) is 4.99 Å². The minimum absolute atomic E-state index is 0.000672. The molecular formula is C28H24F6N4O2. The molecule has 5 rings (SSSR count). The molecule has 3 aromatic rings. The Morgan fingerprint density at radius 1 is 0.975 bits per heavy atom. The Kier molecular flexibility index (Phi) is 6.83. The first-order valence-corrected chi connectivity index (χ1v) is 12.5. The highest BCUT2D eigenvalue weighted by molar-refractivity contribution is 6.46. The molecule has 2 fully saturated rings. The maximum Gasteiger partial charge on any atom is 0.573 e. The summed E-state index contributed by atoms with van der Waals surface area (Å²) < 4.78 is 82.2. The number of alkyl halides is 6. The van der Waals surface area contributed by atoms with E-state index in [1.807, 2.05) is 0 Å². The number of hydrogen-bond acceptors (Lipinski definition) is 5. The molecule has 12 heteroatoms. The van der Waals surface area contributed by atoms with Gasteiger partial charge in [0.05, 0.1) is 22.8 Å². The van der Waals surface area contributed by atoms with Crippen LogP contribution in [-0.2, 0) is 16.5 Å². The Morgan fingerprint density at radius 3 is 2.30 bits per heavy atom. The third-order valence-electron chi connectivity index (χ3n) is 6.77. The number of carbonyl (C=O) groups excluding carboxylic acids is 1. The second kappa shape index (κ2) is 9.90. The van der Waals surface area contributed by atoms with Crippen LogP contribution in [0.15, 0.2) is 65.8 Å². The van der Waals surface area contributed by atoms with E-state index < -0.39 is 41.3 Å². The van der Waals surface area contributed by atoms with E-state index in [1.165, 1.54) is 17.0 Å². The minimum atomic E-state index is -4.93. The summed E-state index contributed by atoms with van der Waals surface area (Å²) in [5.74, 6) is -0.0583. The van der Waals surface area contributed by atoms with Crippen molar-refractivity contribution in [1.29, 1.82) is 0 Å². The number of aromatic nitrogens is 2. The normalized spacial score (nSPS) is 19.4. The smallest absolute Gasteiger partial charge is 0.406 e. The molecule has 210 valence electrons. The van der Waals surface area contributed by atoms with E-state index in [2.05, 4.69) is 14.7 Å². The largest absolute Gasteiger partial charge is 0.573 e. The summed E-state index contributed by atoms with van der Waals surface area (Å²) in [5.41, 5.74) is -0.703. The van der Waals surface area contributed by atoms with Gasteiger partial charge in [0.15, 0.2) is 0 Å². The van der Waals surface area contributed by atoms with Crippen LogP contribution in [0.3, 0.4) is 0 Å². The van der Waals surface area contributed by atoms with Gasteiger partial charge in [-0.3, -0.25) is 14.7 Å². The molecule has 1 aliphatic heterocycles. The highest BCUT2D eigenvalue weighted by atomic mass is 19.4. The molecule has 2 heterocycles. The molecule has 1 aliphatic carbocycles. The van der Waals surface area contributed by atoms with Crippen molar-refractivity contribution >= 4 is 17.3 Å². The molecule has 0 unspecified atom stereocenters. The van der Waals surface area contributed by atoms with Gasteiger partial charge in [-0.1, -0.05) is 12.1 Å². The first-order chi connectivity index (χ1) is 18.7. The van der Waals surface area contributed by atoms with Gasteiger partial charge < -0.3 is 4.74 Å². The van der Waals surface area contributed by atoms with Crippen molar-refractivity contribution in [2.45, 2.75) is 63.1 Å². The number of carbonyl (C=O) groups is 1. The summed E-state index contributed by atoms with van der Waals surface area (Å²) in [5, 5.41) is 0. The van der Waals surface area contributed by atoms with Gasteiger partial charge in [0.1, 0.15) is 17.3 Å². The molecule has 6 nitrogen and oxygen atoms in total. The Balaban J connectivity index is 1.54. The van der Waals surface area contributed by atoms with Crippen molar-refractivity contribution in [3.63, 3.8) is 0 Å². The van der Waals surface area contributed by atoms with E-state index in [0.29, 0.717) is 23.0 Å². The maximum atomic E-state index is 13.7. The van der Waals surface area contributed by atoms with E-state index in [0.717, 1.165) is 49.2 Å². The SMILES string of the molecule is CC(C)(N=C1C[C@H](c2cccc(OC(F)(F)F)c2)N(c2ccc(C(F)(F)F)cc2)C1=O)c1ccnc(C2CC2)n1. The van der Waals surface area contributed by atoms with E-state index in [-0.39, 0.29) is 17.8 Å². The maximum absolute atomic E-state index is 13.7. The highest BCUT2D eigenvalue weighted by Crippen LogP contribution is 2.41. The molecule has 1 atom stereocenters. The molecule has 0 spiro atoms. The predicted molar refractivity (Wildman–Crippen MR) is 134 cm³/mol. The fourth-order valence-electron chi connectivity index (χ4n) is 4.68. The van der Waals surface area contributed by atoms with Crippen molar-refractivity contribution in [3.8, 4) is 5.75 Å². The predicted octanol–water partition coefficient (Wildman–Crippen LogP) is 7.13. The summed E-state index contributed by atoms with van der Waals surface area (Å²) in [6.07, 6.45) is -5.87. The lowest BCUT2D eigenvalue weighted by atomic mass is 9.99. The molecule has 0 radical (unpaired) electrons. The van der Waals surface area contributed by atoms with Gasteiger partial charge in [-0.25, -0.2) is 9.97 Å². The van der Waals surface area contributed by atoms with E-state index in [9.17, 15) is 31.1 Å². The summed E-state index contributed by atoms with van der Waals surface area (Å²) in [7, 11) is 0. The number of halogens is 6. The average molecular weight is 563 g/mol. The molecule has 40 heavy (non-hydrogen) atoms. The van der Waals surface area contributed by atoms with Crippen molar-refractivity contribution in [2.24, 2.45) is 4.99 Å². The van der Waals surface area contributed by atoms with Crippen LogP contribution in [-0.4, -0.2) is 27.9 Å². The van der Waals surface area contributed by atoms with E-state index in [1.54, 1.807) is 26.1 Å². The van der Waals surface area contributed by atoms with Crippen LogP contribution >= 0.6 is 0 Å². The first kappa shape index (κ1) is 27.6. The van der Waals surface area contributed by atoms with Gasteiger partial charge in [0, 0.05) is 24.2 Å². The number of rotatable bonds is 6. The molecule has 0 bridgehead atoms. The summed E-state index contributed by atoms with van der Waals surface area (Å²) in [6.45, 7) is 3.56. The standard InChI is InChI=1S/C28H24F6N4O2/c1-26(2,23-12-13-35-24(36-23)16-6-7-16)37-21-15-22(17-4-3-5-20(14-17)40-28(32,33)34)38(25(21)39)19-10-8-18(9-11-19)27(29,30)31/h3-5,8-14,16,22H,6-7,15H2,1-2H3/t22-/m1/s1. The molecule has 2 aromatic carbocycles. The number of hydrogen-bond donors (Lipinski definition) is 0. The zero-order valence-corrected chi connectivity index (χ0v) is 21.4. The monoisotopic (exact) mass is 562 g/mol. The zero-order valence-electron chi connectivity index (χ0n) is 21.4. The molecule has 2 aliphatic rings.